The Morgan fingerprint density at radius 1 is 1.11 bits per heavy atom. The minimum absolute atomic E-state index is 0.0819. The van der Waals surface area contributed by atoms with Crippen molar-refractivity contribution < 1.29 is 19.8 Å². The molecule has 18 heavy (non-hydrogen) atoms. The fourth-order valence-electron chi connectivity index (χ4n) is 1.88. The largest absolute Gasteiger partial charge is 0.478 e. The van der Waals surface area contributed by atoms with Crippen LogP contribution in [0.4, 0.5) is 4.79 Å². The van der Waals surface area contributed by atoms with Crippen LogP contribution in [0.1, 0.15) is 5.56 Å². The number of aliphatic carboxylic acids is 1. The number of rotatable bonds is 2. The predicted octanol–water partition coefficient (Wildman–Crippen LogP) is 2.17. The third-order valence-electron chi connectivity index (χ3n) is 2.78. The molecule has 2 rings (SSSR count). The Bertz CT molecular complexity index is 536. The fourth-order valence-corrected chi connectivity index (χ4v) is 2.00. The van der Waals surface area contributed by atoms with Crippen LogP contribution in [0.3, 0.4) is 0 Å². The van der Waals surface area contributed by atoms with E-state index in [2.05, 4.69) is 0 Å². The van der Waals surface area contributed by atoms with E-state index in [-0.39, 0.29) is 18.7 Å². The van der Waals surface area contributed by atoms with E-state index in [1.54, 1.807) is 24.3 Å². The number of carboxylic acids is 1. The van der Waals surface area contributed by atoms with E-state index in [1.165, 1.54) is 0 Å². The topological polar surface area (TPSA) is 77.8 Å². The molecule has 0 aromatic heterocycles. The van der Waals surface area contributed by atoms with Crippen LogP contribution in [-0.4, -0.2) is 40.3 Å². The van der Waals surface area contributed by atoms with Crippen molar-refractivity contribution in [3.63, 3.8) is 0 Å². The molecule has 6 heteroatoms. The zero-order valence-electron chi connectivity index (χ0n) is 9.26. The minimum Gasteiger partial charge on any atom is -0.478 e. The van der Waals surface area contributed by atoms with Crippen molar-refractivity contribution in [3.05, 3.63) is 40.4 Å². The molecule has 0 atom stereocenters. The van der Waals surface area contributed by atoms with Crippen LogP contribution in [0.5, 0.6) is 0 Å². The van der Waals surface area contributed by atoms with E-state index in [4.69, 9.17) is 21.8 Å². The van der Waals surface area contributed by atoms with E-state index < -0.39 is 12.1 Å². The third-order valence-corrected chi connectivity index (χ3v) is 3.04. The number of hydrogen-bond donors (Lipinski definition) is 2. The number of benzene rings is 1. The predicted molar refractivity (Wildman–Crippen MR) is 65.6 cm³/mol. The summed E-state index contributed by atoms with van der Waals surface area (Å²) in [6, 6.07) is 6.66. The highest BCUT2D eigenvalue weighted by Gasteiger charge is 2.29. The highest BCUT2D eigenvalue weighted by Crippen LogP contribution is 2.28. The zero-order valence-corrected chi connectivity index (χ0v) is 10.0. The first-order chi connectivity index (χ1) is 8.49. The van der Waals surface area contributed by atoms with Gasteiger partial charge in [0.15, 0.2) is 0 Å². The van der Waals surface area contributed by atoms with Crippen LogP contribution in [0.15, 0.2) is 29.8 Å². The van der Waals surface area contributed by atoms with Crippen LogP contribution in [0, 0.1) is 0 Å². The van der Waals surface area contributed by atoms with Gasteiger partial charge >= 0.3 is 12.1 Å². The van der Waals surface area contributed by atoms with Crippen LogP contribution in [0.2, 0.25) is 5.02 Å². The summed E-state index contributed by atoms with van der Waals surface area (Å²) in [7, 11) is 0. The van der Waals surface area contributed by atoms with Crippen molar-refractivity contribution in [1.29, 1.82) is 0 Å². The summed E-state index contributed by atoms with van der Waals surface area (Å²) in [5.74, 6) is -1.09. The van der Waals surface area contributed by atoms with Crippen molar-refractivity contribution in [2.45, 2.75) is 0 Å². The summed E-state index contributed by atoms with van der Waals surface area (Å²) in [5, 5.41) is 18.5. The van der Waals surface area contributed by atoms with Gasteiger partial charge in [0, 0.05) is 5.02 Å². The van der Waals surface area contributed by atoms with Gasteiger partial charge in [0.2, 0.25) is 0 Å². The molecule has 2 N–H and O–H groups in total. The van der Waals surface area contributed by atoms with Gasteiger partial charge in [0.25, 0.3) is 0 Å². The first-order valence-corrected chi connectivity index (χ1v) is 5.56. The Kier molecular flexibility index (Phi) is 3.25. The minimum atomic E-state index is -1.13. The normalized spacial score (nSPS) is 15.1. The number of nitrogens with zero attached hydrogens (tertiary/aromatic N) is 1. The SMILES string of the molecule is O=C(O)C1=C(c2ccc(Cl)cc2)CN(C(=O)O)C1. The highest BCUT2D eigenvalue weighted by atomic mass is 35.5. The van der Waals surface area contributed by atoms with Gasteiger partial charge in [-0.15, -0.1) is 0 Å². The Labute approximate surface area is 108 Å². The molecule has 1 aromatic carbocycles. The smallest absolute Gasteiger partial charge is 0.407 e. The second-order valence-corrected chi connectivity index (χ2v) is 4.34. The van der Waals surface area contributed by atoms with E-state index >= 15 is 0 Å². The molecule has 94 valence electrons. The Hall–Kier alpha value is -2.01. The van der Waals surface area contributed by atoms with E-state index in [0.29, 0.717) is 16.2 Å². The highest BCUT2D eigenvalue weighted by molar-refractivity contribution is 6.30. The second kappa shape index (κ2) is 4.70. The zero-order chi connectivity index (χ0) is 13.3. The molecule has 1 aliphatic rings. The van der Waals surface area contributed by atoms with Gasteiger partial charge in [0.05, 0.1) is 18.7 Å². The molecule has 0 aliphatic carbocycles. The van der Waals surface area contributed by atoms with Crippen LogP contribution >= 0.6 is 11.6 Å². The number of carbonyl (C=O) groups is 2. The van der Waals surface area contributed by atoms with Gasteiger partial charge in [0.1, 0.15) is 0 Å². The van der Waals surface area contributed by atoms with Crippen LogP contribution < -0.4 is 0 Å². The lowest BCUT2D eigenvalue weighted by Crippen LogP contribution is -2.28. The van der Waals surface area contributed by atoms with E-state index in [9.17, 15) is 9.59 Å². The van der Waals surface area contributed by atoms with Crippen molar-refractivity contribution in [3.8, 4) is 0 Å². The number of amides is 1. The van der Waals surface area contributed by atoms with Gasteiger partial charge in [-0.3, -0.25) is 4.90 Å². The number of carboxylic acid groups (broad SMARTS) is 2. The lowest BCUT2D eigenvalue weighted by atomic mass is 10.0. The fraction of sp³-hybridized carbons (Fsp3) is 0.167. The van der Waals surface area contributed by atoms with Crippen LogP contribution in [-0.2, 0) is 4.79 Å². The summed E-state index contributed by atoms with van der Waals surface area (Å²) in [6.07, 6.45) is -1.13. The molecule has 1 heterocycles. The molecular weight excluding hydrogens is 258 g/mol. The first-order valence-electron chi connectivity index (χ1n) is 5.18. The lowest BCUT2D eigenvalue weighted by molar-refractivity contribution is -0.132. The van der Waals surface area contributed by atoms with Gasteiger partial charge in [-0.05, 0) is 23.3 Å². The summed E-state index contributed by atoms with van der Waals surface area (Å²) >= 11 is 5.76. The molecule has 5 nitrogen and oxygen atoms in total. The maximum atomic E-state index is 11.1. The molecule has 1 amide bonds. The average molecular weight is 268 g/mol. The molecule has 0 saturated heterocycles. The molecular formula is C12H10ClNO4. The molecule has 0 fully saturated rings. The first kappa shape index (κ1) is 12.4. The maximum absolute atomic E-state index is 11.1. The average Bonchev–Trinajstić information content (AvgIpc) is 2.75. The van der Waals surface area contributed by atoms with Gasteiger partial charge < -0.3 is 10.2 Å². The van der Waals surface area contributed by atoms with Crippen molar-refractivity contribution in [2.24, 2.45) is 0 Å². The summed E-state index contributed by atoms with van der Waals surface area (Å²) in [5.41, 5.74) is 1.31. The molecule has 1 aliphatic heterocycles. The summed E-state index contributed by atoms with van der Waals surface area (Å²) in [6.45, 7) is -0.0127. The Morgan fingerprint density at radius 3 is 2.22 bits per heavy atom. The Balaban J connectivity index is 2.39. The molecule has 0 spiro atoms. The second-order valence-electron chi connectivity index (χ2n) is 3.91. The number of hydrogen-bond acceptors (Lipinski definition) is 2. The quantitative estimate of drug-likeness (QED) is 0.861. The van der Waals surface area contributed by atoms with Crippen molar-refractivity contribution in [1.82, 2.24) is 4.90 Å². The molecule has 0 saturated carbocycles. The van der Waals surface area contributed by atoms with Gasteiger partial charge in [-0.1, -0.05) is 23.7 Å². The summed E-state index contributed by atoms with van der Waals surface area (Å²) < 4.78 is 0. The molecule has 1 aromatic rings. The van der Waals surface area contributed by atoms with Crippen molar-refractivity contribution in [2.75, 3.05) is 13.1 Å². The van der Waals surface area contributed by atoms with Gasteiger partial charge in [-0.25, -0.2) is 9.59 Å². The maximum Gasteiger partial charge on any atom is 0.407 e. The lowest BCUT2D eigenvalue weighted by Gasteiger charge is -2.11. The monoisotopic (exact) mass is 267 g/mol. The molecule has 0 unspecified atom stereocenters. The van der Waals surface area contributed by atoms with Gasteiger partial charge in [-0.2, -0.15) is 0 Å². The molecule has 0 radical (unpaired) electrons. The Morgan fingerprint density at radius 2 is 1.72 bits per heavy atom. The summed E-state index contributed by atoms with van der Waals surface area (Å²) in [4.78, 5) is 23.1. The molecule has 0 bridgehead atoms. The van der Waals surface area contributed by atoms with E-state index in [0.717, 1.165) is 4.90 Å². The number of halogens is 1. The van der Waals surface area contributed by atoms with Crippen molar-refractivity contribution >= 4 is 29.2 Å². The van der Waals surface area contributed by atoms with Crippen LogP contribution in [0.25, 0.3) is 5.57 Å². The standard InChI is InChI=1S/C12H10ClNO4/c13-8-3-1-7(2-4-8)9-5-14(12(17)18)6-10(9)11(15)16/h1-4H,5-6H2,(H,15,16)(H,17,18). The third kappa shape index (κ3) is 2.31. The van der Waals surface area contributed by atoms with E-state index in [1.807, 2.05) is 0 Å².